The van der Waals surface area contributed by atoms with Gasteiger partial charge >= 0.3 is 29.8 Å². The molecule has 1 saturated heterocycles. The van der Waals surface area contributed by atoms with E-state index in [9.17, 15) is 24.0 Å². The van der Waals surface area contributed by atoms with Crippen molar-refractivity contribution in [3.63, 3.8) is 0 Å². The highest BCUT2D eigenvalue weighted by molar-refractivity contribution is 5.70. The largest absolute Gasteiger partial charge is 0.465 e. The molecule has 0 radical (unpaired) electrons. The van der Waals surface area contributed by atoms with Crippen LogP contribution < -0.4 is 0 Å². The minimum absolute atomic E-state index is 0.0876. The van der Waals surface area contributed by atoms with Crippen molar-refractivity contribution in [2.75, 3.05) is 26.4 Å². The molecule has 65 heavy (non-hydrogen) atoms. The van der Waals surface area contributed by atoms with Crippen LogP contribution in [0.25, 0.3) is 0 Å². The van der Waals surface area contributed by atoms with E-state index in [0.29, 0.717) is 12.8 Å². The Morgan fingerprint density at radius 2 is 0.908 bits per heavy atom. The summed E-state index contributed by atoms with van der Waals surface area (Å²) in [4.78, 5) is 61.7. The van der Waals surface area contributed by atoms with Gasteiger partial charge in [0.2, 0.25) is 0 Å². The lowest BCUT2D eigenvalue weighted by atomic mass is 9.90. The van der Waals surface area contributed by atoms with E-state index in [-0.39, 0.29) is 51.2 Å². The fourth-order valence-electron chi connectivity index (χ4n) is 6.96. The summed E-state index contributed by atoms with van der Waals surface area (Å²) in [6, 6.07) is 0. The topological polar surface area (TPSA) is 150 Å². The monoisotopic (exact) mass is 913 g/mol. The number of unbranched alkanes of at least 4 members (excludes halogenated alkanes) is 10. The highest BCUT2D eigenvalue weighted by Gasteiger charge is 2.49. The van der Waals surface area contributed by atoms with E-state index < -0.39 is 54.3 Å². The SMILES string of the molecule is CC/C=C\C/C=C\C/C=C\CCCCCCCC(=O)OCC(COC(=O)CCCCCCC/C=C\C/C=C\C/C=C\CC)CO[C@@H]1O[C@H](COC(C)=O)[C@H](C)[C@H](OC(C)=O)[C@H]1OC(C)=O. The molecule has 0 unspecified atom stereocenters. The van der Waals surface area contributed by atoms with Crippen LogP contribution in [0.15, 0.2) is 72.9 Å². The fourth-order valence-corrected chi connectivity index (χ4v) is 6.96. The molecule has 0 N–H and O–H groups in total. The average molecular weight is 913 g/mol. The molecule has 0 aromatic carbocycles. The van der Waals surface area contributed by atoms with Gasteiger partial charge in [0.05, 0.1) is 25.7 Å². The Morgan fingerprint density at radius 3 is 1.35 bits per heavy atom. The number of rotatable bonds is 37. The third-order valence-corrected chi connectivity index (χ3v) is 10.6. The first-order chi connectivity index (χ1) is 31.5. The summed E-state index contributed by atoms with van der Waals surface area (Å²) in [6.45, 7) is 9.28. The molecular formula is C53H84O12. The second-order valence-electron chi connectivity index (χ2n) is 16.6. The first-order valence-corrected chi connectivity index (χ1v) is 24.4. The van der Waals surface area contributed by atoms with Crippen molar-refractivity contribution < 1.29 is 57.1 Å². The molecule has 368 valence electrons. The summed E-state index contributed by atoms with van der Waals surface area (Å²) >= 11 is 0. The predicted octanol–water partition coefficient (Wildman–Crippen LogP) is 11.7. The maximum Gasteiger partial charge on any atom is 0.305 e. The van der Waals surface area contributed by atoms with Crippen LogP contribution in [-0.4, -0.2) is 80.9 Å². The molecule has 0 aliphatic carbocycles. The summed E-state index contributed by atoms with van der Waals surface area (Å²) in [6.07, 6.45) is 40.5. The molecule has 1 rings (SSSR count). The van der Waals surface area contributed by atoms with Gasteiger partial charge in [-0.1, -0.05) is 132 Å². The molecule has 1 fully saturated rings. The van der Waals surface area contributed by atoms with Crippen LogP contribution in [0, 0.1) is 11.8 Å². The molecule has 0 spiro atoms. The Labute approximate surface area is 391 Å². The summed E-state index contributed by atoms with van der Waals surface area (Å²) in [5.41, 5.74) is 0. The number of carbonyl (C=O) groups is 5. The normalized spacial score (nSPS) is 19.1. The molecule has 1 aliphatic heterocycles. The van der Waals surface area contributed by atoms with Gasteiger partial charge in [0, 0.05) is 39.5 Å². The molecule has 1 heterocycles. The number of carbonyl (C=O) groups excluding carboxylic acids is 5. The summed E-state index contributed by atoms with van der Waals surface area (Å²) < 4.78 is 40.0. The van der Waals surface area contributed by atoms with Crippen molar-refractivity contribution in [2.45, 2.75) is 195 Å². The van der Waals surface area contributed by atoms with E-state index >= 15 is 0 Å². The lowest BCUT2D eigenvalue weighted by Crippen LogP contribution is -2.58. The van der Waals surface area contributed by atoms with Crippen LogP contribution in [-0.2, 0) is 57.1 Å². The van der Waals surface area contributed by atoms with Gasteiger partial charge in [-0.3, -0.25) is 24.0 Å². The molecule has 0 saturated carbocycles. The Hall–Kier alpha value is -4.29. The van der Waals surface area contributed by atoms with Crippen LogP contribution in [0.4, 0.5) is 0 Å². The molecule has 12 heteroatoms. The number of hydrogen-bond acceptors (Lipinski definition) is 12. The zero-order valence-corrected chi connectivity index (χ0v) is 40.8. The Kier molecular flexibility index (Phi) is 36.2. The lowest BCUT2D eigenvalue weighted by Gasteiger charge is -2.44. The maximum absolute atomic E-state index is 12.8. The minimum atomic E-state index is -1.25. The quantitative estimate of drug-likeness (QED) is 0.0253. The molecule has 0 bridgehead atoms. The Balaban J connectivity index is 2.73. The van der Waals surface area contributed by atoms with Gasteiger partial charge in [0.25, 0.3) is 0 Å². The molecule has 0 amide bonds. The average Bonchev–Trinajstić information content (AvgIpc) is 3.27. The Bertz CT molecular complexity index is 1410. The van der Waals surface area contributed by atoms with E-state index in [2.05, 4.69) is 86.8 Å². The van der Waals surface area contributed by atoms with Crippen molar-refractivity contribution in [3.8, 4) is 0 Å². The van der Waals surface area contributed by atoms with Crippen molar-refractivity contribution in [1.82, 2.24) is 0 Å². The first kappa shape index (κ1) is 58.7. The van der Waals surface area contributed by atoms with Crippen molar-refractivity contribution in [2.24, 2.45) is 11.8 Å². The van der Waals surface area contributed by atoms with Crippen LogP contribution in [0.2, 0.25) is 0 Å². The summed E-state index contributed by atoms with van der Waals surface area (Å²) in [5.74, 6) is -3.63. The lowest BCUT2D eigenvalue weighted by molar-refractivity contribution is -0.297. The second kappa shape index (κ2) is 40.0. The van der Waals surface area contributed by atoms with Crippen LogP contribution >= 0.6 is 0 Å². The number of ether oxygens (including phenoxy) is 7. The zero-order valence-electron chi connectivity index (χ0n) is 40.8. The molecule has 0 aromatic rings. The number of esters is 5. The second-order valence-corrected chi connectivity index (χ2v) is 16.6. The minimum Gasteiger partial charge on any atom is -0.465 e. The summed E-state index contributed by atoms with van der Waals surface area (Å²) in [7, 11) is 0. The third-order valence-electron chi connectivity index (χ3n) is 10.6. The highest BCUT2D eigenvalue weighted by atomic mass is 16.7. The Morgan fingerprint density at radius 1 is 0.492 bits per heavy atom. The van der Waals surface area contributed by atoms with Crippen LogP contribution in [0.1, 0.15) is 170 Å². The van der Waals surface area contributed by atoms with E-state index in [1.807, 2.05) is 0 Å². The van der Waals surface area contributed by atoms with Gasteiger partial charge in [-0.05, 0) is 77.0 Å². The highest BCUT2D eigenvalue weighted by Crippen LogP contribution is 2.32. The van der Waals surface area contributed by atoms with Gasteiger partial charge in [-0.25, -0.2) is 0 Å². The molecular weight excluding hydrogens is 829 g/mol. The smallest absolute Gasteiger partial charge is 0.305 e. The van der Waals surface area contributed by atoms with Crippen LogP contribution in [0.3, 0.4) is 0 Å². The zero-order chi connectivity index (χ0) is 47.8. The summed E-state index contributed by atoms with van der Waals surface area (Å²) in [5, 5.41) is 0. The standard InChI is InChI=1S/C53H84O12/c1-7-9-11-13-15-17-19-21-23-25-27-29-31-33-35-37-49(57)60-39-47(40-61-50(58)38-36-34-32-30-28-26-24-22-20-18-16-14-12-10-8-2)41-62-53-52(64-46(6)56)51(63-45(5)55)43(3)48(65-53)42-59-44(4)54/h9-12,15-18,21-24,43,47-48,51-53H,7-8,13-14,19-20,25-42H2,1-6H3/b11-9-,12-10-,17-15-,18-16-,23-21-,24-22-/t43-,48+,51-,52+,53+/m0/s1. The molecule has 1 aliphatic rings. The van der Waals surface area contributed by atoms with E-state index in [0.717, 1.165) is 103 Å². The fraction of sp³-hybridized carbons (Fsp3) is 0.679. The van der Waals surface area contributed by atoms with Crippen LogP contribution in [0.5, 0.6) is 0 Å². The maximum atomic E-state index is 12.8. The van der Waals surface area contributed by atoms with E-state index in [1.165, 1.54) is 20.8 Å². The van der Waals surface area contributed by atoms with Gasteiger partial charge in [0.15, 0.2) is 12.4 Å². The molecule has 12 nitrogen and oxygen atoms in total. The number of allylic oxidation sites excluding steroid dienone is 12. The number of hydrogen-bond donors (Lipinski definition) is 0. The first-order valence-electron chi connectivity index (χ1n) is 24.4. The van der Waals surface area contributed by atoms with Crippen molar-refractivity contribution in [3.05, 3.63) is 72.9 Å². The van der Waals surface area contributed by atoms with Crippen molar-refractivity contribution in [1.29, 1.82) is 0 Å². The predicted molar refractivity (Wildman–Crippen MR) is 255 cm³/mol. The van der Waals surface area contributed by atoms with E-state index in [1.54, 1.807) is 6.92 Å². The third kappa shape index (κ3) is 32.9. The van der Waals surface area contributed by atoms with Gasteiger partial charge in [-0.2, -0.15) is 0 Å². The molecule has 5 atom stereocenters. The molecule has 0 aromatic heterocycles. The van der Waals surface area contributed by atoms with Gasteiger partial charge in [-0.15, -0.1) is 0 Å². The van der Waals surface area contributed by atoms with Gasteiger partial charge < -0.3 is 33.2 Å². The van der Waals surface area contributed by atoms with Crippen molar-refractivity contribution >= 4 is 29.8 Å². The van der Waals surface area contributed by atoms with Gasteiger partial charge in [0.1, 0.15) is 18.8 Å². The van der Waals surface area contributed by atoms with E-state index in [4.69, 9.17) is 33.2 Å².